The monoisotopic (exact) mass is 508 g/mol. The zero-order valence-electron chi connectivity index (χ0n) is 23.8. The summed E-state index contributed by atoms with van der Waals surface area (Å²) in [6.45, 7) is 17.0. The first-order chi connectivity index (χ1) is 17.0. The fourth-order valence-electron chi connectivity index (χ4n) is 3.15. The van der Waals surface area contributed by atoms with Crippen molar-refractivity contribution < 1.29 is 28.6 Å². The molecule has 0 fully saturated rings. The Bertz CT molecular complexity index is 1170. The number of hydrogen-bond acceptors (Lipinski definition) is 6. The minimum atomic E-state index is -0.660. The third-order valence-electron chi connectivity index (χ3n) is 6.14. The number of carbonyl (C=O) groups excluding carboxylic acids is 3. The summed E-state index contributed by atoms with van der Waals surface area (Å²) in [6, 6.07) is 10.1. The summed E-state index contributed by atoms with van der Waals surface area (Å²) in [4.78, 5) is 37.6. The van der Waals surface area contributed by atoms with Crippen LogP contribution in [0.25, 0.3) is 6.08 Å². The molecule has 0 saturated carbocycles. The molecule has 0 N–H and O–H groups in total. The molecular formula is C31H40O6. The number of ketones is 1. The van der Waals surface area contributed by atoms with Crippen molar-refractivity contribution in [3.05, 3.63) is 59.2 Å². The van der Waals surface area contributed by atoms with E-state index in [1.165, 1.54) is 13.2 Å². The van der Waals surface area contributed by atoms with E-state index in [2.05, 4.69) is 20.8 Å². The molecule has 0 unspecified atom stereocenters. The van der Waals surface area contributed by atoms with E-state index in [4.69, 9.17) is 14.2 Å². The van der Waals surface area contributed by atoms with Gasteiger partial charge in [-0.15, -0.1) is 0 Å². The molecule has 37 heavy (non-hydrogen) atoms. The van der Waals surface area contributed by atoms with Gasteiger partial charge in [0.15, 0.2) is 5.78 Å². The SMILES string of the molecule is CCC(C)(C)c1cc(C=CC(=O)c2ccc(OC(=O)C(C)(C)C)cc2)c(OC)cc1OC(=O)C(C)(C)C. The summed E-state index contributed by atoms with van der Waals surface area (Å²) in [5, 5.41) is 0. The van der Waals surface area contributed by atoms with Gasteiger partial charge in [-0.1, -0.05) is 20.8 Å². The second kappa shape index (κ2) is 11.3. The normalized spacial score (nSPS) is 12.4. The standard InChI is InChI=1S/C31H40O6/c1-11-31(8,9)23-18-21(25(35-10)19-26(23)37-28(34)30(5,6)7)14-17-24(32)20-12-15-22(16-13-20)36-27(33)29(2,3)4/h12-19H,11H2,1-10H3. The topological polar surface area (TPSA) is 78.9 Å². The number of methoxy groups -OCH3 is 1. The highest BCUT2D eigenvalue weighted by atomic mass is 16.5. The predicted molar refractivity (Wildman–Crippen MR) is 146 cm³/mol. The van der Waals surface area contributed by atoms with Crippen LogP contribution < -0.4 is 14.2 Å². The van der Waals surface area contributed by atoms with Gasteiger partial charge in [0.2, 0.25) is 0 Å². The van der Waals surface area contributed by atoms with Crippen LogP contribution in [0.5, 0.6) is 17.2 Å². The molecule has 200 valence electrons. The van der Waals surface area contributed by atoms with E-state index in [1.54, 1.807) is 78.0 Å². The highest BCUT2D eigenvalue weighted by Gasteiger charge is 2.29. The lowest BCUT2D eigenvalue weighted by atomic mass is 9.80. The maximum absolute atomic E-state index is 12.9. The van der Waals surface area contributed by atoms with Gasteiger partial charge in [0.25, 0.3) is 0 Å². The van der Waals surface area contributed by atoms with Crippen LogP contribution in [0.3, 0.4) is 0 Å². The van der Waals surface area contributed by atoms with Gasteiger partial charge >= 0.3 is 11.9 Å². The molecule has 0 radical (unpaired) electrons. The molecule has 0 heterocycles. The molecule has 0 amide bonds. The predicted octanol–water partition coefficient (Wildman–Crippen LogP) is 7.18. The number of allylic oxidation sites excluding steroid dienone is 1. The first kappa shape index (κ1) is 29.8. The number of carbonyl (C=O) groups is 3. The summed E-state index contributed by atoms with van der Waals surface area (Å²) in [5.41, 5.74) is 0.432. The number of rotatable bonds is 8. The first-order valence-corrected chi connectivity index (χ1v) is 12.5. The van der Waals surface area contributed by atoms with E-state index >= 15 is 0 Å². The van der Waals surface area contributed by atoms with Crippen LogP contribution in [0.4, 0.5) is 0 Å². The highest BCUT2D eigenvalue weighted by Crippen LogP contribution is 2.40. The van der Waals surface area contributed by atoms with Crippen LogP contribution in [0.1, 0.15) is 90.2 Å². The van der Waals surface area contributed by atoms with Gasteiger partial charge in [-0.3, -0.25) is 14.4 Å². The molecule has 2 rings (SSSR count). The van der Waals surface area contributed by atoms with E-state index in [1.807, 2.05) is 6.07 Å². The Morgan fingerprint density at radius 1 is 0.784 bits per heavy atom. The molecule has 0 spiro atoms. The molecule has 0 bridgehead atoms. The van der Waals surface area contributed by atoms with Gasteiger partial charge in [-0.25, -0.2) is 0 Å². The van der Waals surface area contributed by atoms with Crippen LogP contribution in [0.2, 0.25) is 0 Å². The Balaban J connectivity index is 2.37. The summed E-state index contributed by atoms with van der Waals surface area (Å²) in [7, 11) is 1.53. The van der Waals surface area contributed by atoms with E-state index < -0.39 is 10.8 Å². The largest absolute Gasteiger partial charge is 0.496 e. The van der Waals surface area contributed by atoms with Crippen molar-refractivity contribution in [2.24, 2.45) is 10.8 Å². The number of ether oxygens (including phenoxy) is 3. The highest BCUT2D eigenvalue weighted by molar-refractivity contribution is 6.07. The lowest BCUT2D eigenvalue weighted by molar-refractivity contribution is -0.143. The first-order valence-electron chi connectivity index (χ1n) is 12.5. The third kappa shape index (κ3) is 7.78. The van der Waals surface area contributed by atoms with Gasteiger partial charge in [0, 0.05) is 22.8 Å². The third-order valence-corrected chi connectivity index (χ3v) is 6.14. The molecule has 0 saturated heterocycles. The second-order valence-electron chi connectivity index (χ2n) is 11.8. The molecule has 0 atom stereocenters. The molecule has 2 aromatic rings. The van der Waals surface area contributed by atoms with Crippen molar-refractivity contribution in [1.29, 1.82) is 0 Å². The van der Waals surface area contributed by atoms with Crippen LogP contribution in [0, 0.1) is 10.8 Å². The van der Waals surface area contributed by atoms with Crippen LogP contribution >= 0.6 is 0 Å². The van der Waals surface area contributed by atoms with E-state index in [-0.39, 0.29) is 23.1 Å². The van der Waals surface area contributed by atoms with Gasteiger partial charge in [0.1, 0.15) is 17.2 Å². The Morgan fingerprint density at radius 3 is 1.81 bits per heavy atom. The maximum atomic E-state index is 12.9. The lowest BCUT2D eigenvalue weighted by Crippen LogP contribution is -2.27. The quantitative estimate of drug-likeness (QED) is 0.163. The zero-order valence-corrected chi connectivity index (χ0v) is 23.8. The van der Waals surface area contributed by atoms with E-state index in [0.29, 0.717) is 28.4 Å². The molecule has 2 aromatic carbocycles. The molecule has 0 aliphatic rings. The Hall–Kier alpha value is -3.41. The number of benzene rings is 2. The van der Waals surface area contributed by atoms with Crippen molar-refractivity contribution in [3.63, 3.8) is 0 Å². The average molecular weight is 509 g/mol. The molecule has 0 aliphatic heterocycles. The lowest BCUT2D eigenvalue weighted by Gasteiger charge is -2.28. The Labute approximate surface area is 221 Å². The van der Waals surface area contributed by atoms with Gasteiger partial charge < -0.3 is 14.2 Å². The van der Waals surface area contributed by atoms with E-state index in [0.717, 1.165) is 12.0 Å². The molecule has 0 aromatic heterocycles. The Morgan fingerprint density at radius 2 is 1.32 bits per heavy atom. The second-order valence-corrected chi connectivity index (χ2v) is 11.8. The number of esters is 2. The minimum Gasteiger partial charge on any atom is -0.496 e. The maximum Gasteiger partial charge on any atom is 0.316 e. The number of hydrogen-bond donors (Lipinski definition) is 0. The fraction of sp³-hybridized carbons (Fsp3) is 0.452. The fourth-order valence-corrected chi connectivity index (χ4v) is 3.15. The smallest absolute Gasteiger partial charge is 0.316 e. The van der Waals surface area contributed by atoms with Crippen molar-refractivity contribution in [2.75, 3.05) is 7.11 Å². The molecule has 6 nitrogen and oxygen atoms in total. The molecular weight excluding hydrogens is 468 g/mol. The van der Waals surface area contributed by atoms with Crippen molar-refractivity contribution >= 4 is 23.8 Å². The van der Waals surface area contributed by atoms with Crippen molar-refractivity contribution in [1.82, 2.24) is 0 Å². The zero-order chi connectivity index (χ0) is 28.2. The van der Waals surface area contributed by atoms with Gasteiger partial charge in [-0.05, 0) is 95.9 Å². The summed E-state index contributed by atoms with van der Waals surface area (Å²) < 4.78 is 16.7. The van der Waals surface area contributed by atoms with Crippen LogP contribution in [-0.4, -0.2) is 24.8 Å². The molecule has 6 heteroatoms. The van der Waals surface area contributed by atoms with Crippen LogP contribution in [0.15, 0.2) is 42.5 Å². The van der Waals surface area contributed by atoms with Crippen LogP contribution in [-0.2, 0) is 15.0 Å². The summed E-state index contributed by atoms with van der Waals surface area (Å²) in [6.07, 6.45) is 3.98. The molecule has 0 aliphatic carbocycles. The van der Waals surface area contributed by atoms with Crippen molar-refractivity contribution in [2.45, 2.75) is 74.1 Å². The van der Waals surface area contributed by atoms with Crippen molar-refractivity contribution in [3.8, 4) is 17.2 Å². The van der Waals surface area contributed by atoms with Gasteiger partial charge in [0.05, 0.1) is 17.9 Å². The van der Waals surface area contributed by atoms with E-state index in [9.17, 15) is 14.4 Å². The minimum absolute atomic E-state index is 0.213. The average Bonchev–Trinajstić information content (AvgIpc) is 2.81. The summed E-state index contributed by atoms with van der Waals surface area (Å²) >= 11 is 0. The summed E-state index contributed by atoms with van der Waals surface area (Å²) in [5.74, 6) is 0.427. The van der Waals surface area contributed by atoms with Gasteiger partial charge in [-0.2, -0.15) is 0 Å². The Kier molecular flexibility index (Phi) is 9.13.